The van der Waals surface area contributed by atoms with Gasteiger partial charge in [-0.3, -0.25) is 4.79 Å². The Hall–Kier alpha value is -2.61. The van der Waals surface area contributed by atoms with Gasteiger partial charge in [-0.2, -0.15) is 0 Å². The van der Waals surface area contributed by atoms with Gasteiger partial charge >= 0.3 is 12.1 Å². The van der Waals surface area contributed by atoms with Crippen LogP contribution in [0.3, 0.4) is 0 Å². The second-order valence-corrected chi connectivity index (χ2v) is 9.20. The molecule has 0 aliphatic rings. The van der Waals surface area contributed by atoms with Crippen LogP contribution in [0.2, 0.25) is 5.02 Å². The molecule has 7 nitrogen and oxygen atoms in total. The van der Waals surface area contributed by atoms with Gasteiger partial charge in [-0.05, 0) is 60.1 Å². The van der Waals surface area contributed by atoms with Crippen LogP contribution < -0.4 is 10.6 Å². The summed E-state index contributed by atoms with van der Waals surface area (Å²) in [6, 6.07) is 3.43. The van der Waals surface area contributed by atoms with Crippen molar-refractivity contribution < 1.29 is 28.2 Å². The first-order valence-electron chi connectivity index (χ1n) is 9.80. The van der Waals surface area contributed by atoms with Crippen LogP contribution >= 0.6 is 11.6 Å². The van der Waals surface area contributed by atoms with Gasteiger partial charge in [-0.1, -0.05) is 23.7 Å². The zero-order valence-electron chi connectivity index (χ0n) is 18.7. The molecular weight excluding hydrogens is 427 g/mol. The highest BCUT2D eigenvalue weighted by atomic mass is 35.5. The summed E-state index contributed by atoms with van der Waals surface area (Å²) >= 11 is 5.71. The molecule has 0 heterocycles. The van der Waals surface area contributed by atoms with Gasteiger partial charge in [-0.15, -0.1) is 0 Å². The summed E-state index contributed by atoms with van der Waals surface area (Å²) in [7, 11) is 0. The second kappa shape index (κ2) is 11.1. The van der Waals surface area contributed by atoms with E-state index >= 15 is 0 Å². The van der Waals surface area contributed by atoms with E-state index in [9.17, 15) is 18.8 Å². The Morgan fingerprint density at radius 3 is 2.29 bits per heavy atom. The van der Waals surface area contributed by atoms with Crippen molar-refractivity contribution in [2.45, 2.75) is 65.2 Å². The molecule has 0 aliphatic heterocycles. The third kappa shape index (κ3) is 10.8. The van der Waals surface area contributed by atoms with E-state index in [-0.39, 0.29) is 23.6 Å². The molecule has 172 valence electrons. The summed E-state index contributed by atoms with van der Waals surface area (Å²) in [5, 5.41) is 5.00. The molecule has 0 saturated carbocycles. The first-order chi connectivity index (χ1) is 14.2. The van der Waals surface area contributed by atoms with E-state index in [0.29, 0.717) is 0 Å². The maximum Gasteiger partial charge on any atom is 0.408 e. The van der Waals surface area contributed by atoms with Crippen LogP contribution in [-0.2, 0) is 19.1 Å². The molecule has 0 bridgehead atoms. The number of ether oxygens (including phenoxy) is 2. The van der Waals surface area contributed by atoms with E-state index < -0.39 is 41.0 Å². The van der Waals surface area contributed by atoms with E-state index in [1.165, 1.54) is 18.2 Å². The largest absolute Gasteiger partial charge is 0.458 e. The molecule has 31 heavy (non-hydrogen) atoms. The lowest BCUT2D eigenvalue weighted by Crippen LogP contribution is -2.47. The first kappa shape index (κ1) is 26.4. The van der Waals surface area contributed by atoms with Crippen molar-refractivity contribution in [3.8, 4) is 0 Å². The minimum Gasteiger partial charge on any atom is -0.458 e. The number of rotatable bonds is 7. The topological polar surface area (TPSA) is 93.7 Å². The summed E-state index contributed by atoms with van der Waals surface area (Å²) in [6.07, 6.45) is 1.74. The molecule has 0 radical (unpaired) electrons. The maximum atomic E-state index is 13.9. The molecule has 0 aromatic heterocycles. The molecule has 0 unspecified atom stereocenters. The van der Waals surface area contributed by atoms with Crippen molar-refractivity contribution in [2.75, 3.05) is 6.54 Å². The summed E-state index contributed by atoms with van der Waals surface area (Å²) in [5.41, 5.74) is -1.32. The summed E-state index contributed by atoms with van der Waals surface area (Å²) in [6.45, 7) is 10.3. The summed E-state index contributed by atoms with van der Waals surface area (Å²) in [5.74, 6) is -1.77. The van der Waals surface area contributed by atoms with Crippen LogP contribution in [0.5, 0.6) is 0 Å². The zero-order chi connectivity index (χ0) is 23.8. The lowest BCUT2D eigenvalue weighted by molar-refractivity contribution is -0.157. The molecule has 1 aromatic carbocycles. The van der Waals surface area contributed by atoms with Gasteiger partial charge in [0.2, 0.25) is 5.91 Å². The molecule has 0 spiro atoms. The van der Waals surface area contributed by atoms with Gasteiger partial charge < -0.3 is 20.1 Å². The van der Waals surface area contributed by atoms with Gasteiger partial charge in [0.1, 0.15) is 23.1 Å². The number of esters is 1. The van der Waals surface area contributed by atoms with E-state index in [1.54, 1.807) is 47.6 Å². The van der Waals surface area contributed by atoms with E-state index in [2.05, 4.69) is 10.6 Å². The highest BCUT2D eigenvalue weighted by molar-refractivity contribution is 6.30. The van der Waals surface area contributed by atoms with Crippen LogP contribution in [-0.4, -0.2) is 41.8 Å². The molecule has 2 N–H and O–H groups in total. The second-order valence-electron chi connectivity index (χ2n) is 8.79. The smallest absolute Gasteiger partial charge is 0.408 e. The van der Waals surface area contributed by atoms with Gasteiger partial charge in [0.25, 0.3) is 0 Å². The molecule has 1 aromatic rings. The fourth-order valence-electron chi connectivity index (χ4n) is 2.28. The van der Waals surface area contributed by atoms with E-state index in [4.69, 9.17) is 21.1 Å². The normalized spacial score (nSPS) is 12.9. The van der Waals surface area contributed by atoms with E-state index in [1.807, 2.05) is 0 Å². The molecule has 1 rings (SSSR count). The van der Waals surface area contributed by atoms with Gasteiger partial charge in [-0.25, -0.2) is 14.0 Å². The Morgan fingerprint density at radius 2 is 1.71 bits per heavy atom. The molecular formula is C22H30ClFN2O5. The quantitative estimate of drug-likeness (QED) is 0.473. The van der Waals surface area contributed by atoms with E-state index in [0.717, 1.165) is 6.08 Å². The van der Waals surface area contributed by atoms with Crippen LogP contribution in [0.1, 0.15) is 53.5 Å². The van der Waals surface area contributed by atoms with Crippen molar-refractivity contribution in [3.63, 3.8) is 0 Å². The van der Waals surface area contributed by atoms with Gasteiger partial charge in [0.05, 0.1) is 5.02 Å². The minimum atomic E-state index is -1.02. The van der Waals surface area contributed by atoms with Crippen molar-refractivity contribution >= 4 is 35.6 Å². The highest BCUT2D eigenvalue weighted by Crippen LogP contribution is 2.18. The Kier molecular flexibility index (Phi) is 9.49. The van der Waals surface area contributed by atoms with Crippen molar-refractivity contribution in [3.05, 3.63) is 40.7 Å². The average molecular weight is 457 g/mol. The van der Waals surface area contributed by atoms with Crippen LogP contribution in [0.15, 0.2) is 24.3 Å². The van der Waals surface area contributed by atoms with Crippen LogP contribution in [0, 0.1) is 5.82 Å². The van der Waals surface area contributed by atoms with Gasteiger partial charge in [0, 0.05) is 18.2 Å². The number of benzene rings is 1. The standard InChI is InChI=1S/C22H30ClFN2O5/c1-21(2,3)30-19(28)16(26-20(29)31-22(4,5)6)12-13-25-17(27)11-10-14-8-7-9-15(23)18(14)24/h7-11,16H,12-13H2,1-6H3,(H,25,27)(H,26,29)/b11-10+/t16-/m0/s1. The molecule has 1 atom stereocenters. The van der Waals surface area contributed by atoms with Crippen LogP contribution in [0.4, 0.5) is 9.18 Å². The first-order valence-corrected chi connectivity index (χ1v) is 10.2. The monoisotopic (exact) mass is 456 g/mol. The molecule has 9 heteroatoms. The number of carbonyl (C=O) groups is 3. The molecule has 2 amide bonds. The molecule has 0 saturated heterocycles. The number of carbonyl (C=O) groups excluding carboxylic acids is 3. The third-order valence-corrected chi connectivity index (χ3v) is 3.80. The summed E-state index contributed by atoms with van der Waals surface area (Å²) < 4.78 is 24.4. The van der Waals surface area contributed by atoms with Crippen molar-refractivity contribution in [2.24, 2.45) is 0 Å². The number of hydrogen-bond acceptors (Lipinski definition) is 5. The Balaban J connectivity index is 2.71. The number of nitrogens with one attached hydrogen (secondary N) is 2. The predicted octanol–water partition coefficient (Wildman–Crippen LogP) is 4.23. The lowest BCUT2D eigenvalue weighted by Gasteiger charge is -2.26. The van der Waals surface area contributed by atoms with Crippen LogP contribution in [0.25, 0.3) is 6.08 Å². The van der Waals surface area contributed by atoms with Crippen molar-refractivity contribution in [1.29, 1.82) is 0 Å². The number of alkyl carbamates (subject to hydrolysis) is 1. The maximum absolute atomic E-state index is 13.9. The number of amides is 2. The fraction of sp³-hybridized carbons (Fsp3) is 0.500. The lowest BCUT2D eigenvalue weighted by atomic mass is 10.1. The van der Waals surface area contributed by atoms with Crippen molar-refractivity contribution in [1.82, 2.24) is 10.6 Å². The Morgan fingerprint density at radius 1 is 1.10 bits per heavy atom. The minimum absolute atomic E-state index is 0.0454. The third-order valence-electron chi connectivity index (χ3n) is 3.51. The average Bonchev–Trinajstić information content (AvgIpc) is 2.59. The SMILES string of the molecule is CC(C)(C)OC(=O)N[C@@H](CCNC(=O)/C=C/c1cccc(Cl)c1F)C(=O)OC(C)(C)C. The van der Waals surface area contributed by atoms with Gasteiger partial charge in [0.15, 0.2) is 0 Å². The highest BCUT2D eigenvalue weighted by Gasteiger charge is 2.28. The summed E-state index contributed by atoms with van der Waals surface area (Å²) in [4.78, 5) is 36.5. The fourth-order valence-corrected chi connectivity index (χ4v) is 2.47. The Bertz CT molecular complexity index is 828. The zero-order valence-corrected chi connectivity index (χ0v) is 19.4. The molecule has 0 aliphatic carbocycles. The number of halogens is 2. The predicted molar refractivity (Wildman–Crippen MR) is 117 cm³/mol. The molecule has 0 fully saturated rings. The number of hydrogen-bond donors (Lipinski definition) is 2. The Labute approximate surface area is 187 Å².